The Morgan fingerprint density at radius 3 is 2.63 bits per heavy atom. The van der Waals surface area contributed by atoms with Gasteiger partial charge >= 0.3 is 6.03 Å². The van der Waals surface area contributed by atoms with Gasteiger partial charge in [-0.25, -0.2) is 4.79 Å². The molecule has 2 N–H and O–H groups in total. The second-order valence-electron chi connectivity index (χ2n) is 4.62. The van der Waals surface area contributed by atoms with Crippen molar-refractivity contribution in [2.75, 3.05) is 25.9 Å². The molecule has 0 bridgehead atoms. The highest BCUT2D eigenvalue weighted by Gasteiger charge is 2.09. The zero-order chi connectivity index (χ0) is 14.3. The first-order valence-corrected chi connectivity index (χ1v) is 7.34. The lowest BCUT2D eigenvalue weighted by atomic mass is 10.2. The lowest BCUT2D eigenvalue weighted by Crippen LogP contribution is -2.41. The minimum atomic E-state index is -0.502. The molecule has 0 aliphatic carbocycles. The summed E-state index contributed by atoms with van der Waals surface area (Å²) < 4.78 is 0. The second kappa shape index (κ2) is 8.07. The van der Waals surface area contributed by atoms with Gasteiger partial charge < -0.3 is 15.3 Å². The van der Waals surface area contributed by atoms with E-state index in [0.29, 0.717) is 13.1 Å². The van der Waals surface area contributed by atoms with Crippen molar-refractivity contribution in [3.63, 3.8) is 0 Å². The van der Waals surface area contributed by atoms with Gasteiger partial charge in [0.25, 0.3) is 0 Å². The normalized spacial score (nSPS) is 12.0. The largest absolute Gasteiger partial charge is 0.392 e. The van der Waals surface area contributed by atoms with Crippen molar-refractivity contribution < 1.29 is 9.90 Å². The average Bonchev–Trinajstić information content (AvgIpc) is 2.35. The fourth-order valence-corrected chi connectivity index (χ4v) is 2.34. The summed E-state index contributed by atoms with van der Waals surface area (Å²) in [7, 11) is 1.68. The molecule has 2 amide bonds. The minimum Gasteiger partial charge on any atom is -0.392 e. The van der Waals surface area contributed by atoms with Crippen molar-refractivity contribution >= 4 is 17.8 Å². The minimum absolute atomic E-state index is 0.148. The van der Waals surface area contributed by atoms with Crippen molar-refractivity contribution in [3.05, 3.63) is 29.8 Å². The highest BCUT2D eigenvalue weighted by atomic mass is 32.2. The van der Waals surface area contributed by atoms with E-state index < -0.39 is 6.10 Å². The first kappa shape index (κ1) is 15.9. The maximum atomic E-state index is 11.6. The topological polar surface area (TPSA) is 52.6 Å². The van der Waals surface area contributed by atoms with Crippen molar-refractivity contribution in [2.24, 2.45) is 0 Å². The predicted molar refractivity (Wildman–Crippen MR) is 79.6 cm³/mol. The molecular formula is C14H22N2O2S. The van der Waals surface area contributed by atoms with Crippen LogP contribution in [0.4, 0.5) is 4.79 Å². The molecule has 0 fully saturated rings. The Morgan fingerprint density at radius 1 is 1.42 bits per heavy atom. The molecule has 1 unspecified atom stereocenters. The number of carbonyl (C=O) groups is 1. The Balaban J connectivity index is 2.20. The number of hydrogen-bond acceptors (Lipinski definition) is 3. The van der Waals surface area contributed by atoms with Crippen molar-refractivity contribution in [1.29, 1.82) is 0 Å². The number of aliphatic hydroxyl groups excluding tert-OH is 1. The van der Waals surface area contributed by atoms with E-state index in [1.54, 1.807) is 25.7 Å². The summed E-state index contributed by atoms with van der Waals surface area (Å²) in [5.74, 6) is 0.831. The summed E-state index contributed by atoms with van der Waals surface area (Å²) in [4.78, 5) is 14.3. The van der Waals surface area contributed by atoms with Gasteiger partial charge in [-0.15, -0.1) is 11.8 Å². The third kappa shape index (κ3) is 6.50. The Hall–Kier alpha value is -1.20. The number of aryl methyl sites for hydroxylation is 1. The van der Waals surface area contributed by atoms with Crippen molar-refractivity contribution in [1.82, 2.24) is 10.2 Å². The predicted octanol–water partition coefficient (Wildman–Crippen LogP) is 2.11. The Morgan fingerprint density at radius 2 is 2.05 bits per heavy atom. The van der Waals surface area contributed by atoms with E-state index in [-0.39, 0.29) is 6.03 Å². The average molecular weight is 282 g/mol. The summed E-state index contributed by atoms with van der Waals surface area (Å²) in [5, 5.41) is 12.0. The lowest BCUT2D eigenvalue weighted by Gasteiger charge is -2.19. The molecular weight excluding hydrogens is 260 g/mol. The van der Waals surface area contributed by atoms with Crippen LogP contribution in [-0.4, -0.2) is 48.0 Å². The summed E-state index contributed by atoms with van der Waals surface area (Å²) in [6, 6.07) is 8.18. The van der Waals surface area contributed by atoms with Crippen LogP contribution in [0.15, 0.2) is 29.2 Å². The van der Waals surface area contributed by atoms with Gasteiger partial charge in [-0.3, -0.25) is 0 Å². The van der Waals surface area contributed by atoms with Gasteiger partial charge in [-0.1, -0.05) is 17.7 Å². The van der Waals surface area contributed by atoms with E-state index >= 15 is 0 Å². The van der Waals surface area contributed by atoms with Crippen molar-refractivity contribution in [2.45, 2.75) is 24.8 Å². The number of aliphatic hydroxyl groups is 1. The molecule has 0 spiro atoms. The molecule has 0 aliphatic heterocycles. The highest BCUT2D eigenvalue weighted by Crippen LogP contribution is 2.17. The van der Waals surface area contributed by atoms with E-state index in [9.17, 15) is 9.90 Å². The van der Waals surface area contributed by atoms with Crippen LogP contribution in [0.2, 0.25) is 0 Å². The number of nitrogens with zero attached hydrogens (tertiary/aromatic N) is 1. The molecule has 0 heterocycles. The maximum absolute atomic E-state index is 11.6. The number of nitrogens with one attached hydrogen (secondary N) is 1. The third-order valence-corrected chi connectivity index (χ3v) is 3.57. The molecule has 1 aromatic rings. The molecule has 0 aromatic heterocycles. The SMILES string of the molecule is Cc1ccc(SCCNC(=O)N(C)CC(C)O)cc1. The van der Waals surface area contributed by atoms with Crippen LogP contribution in [0.5, 0.6) is 0 Å². The molecule has 0 saturated heterocycles. The van der Waals surface area contributed by atoms with Gasteiger partial charge in [0.2, 0.25) is 0 Å². The van der Waals surface area contributed by atoms with Gasteiger partial charge in [-0.2, -0.15) is 0 Å². The fourth-order valence-electron chi connectivity index (χ4n) is 1.58. The van der Waals surface area contributed by atoms with Crippen LogP contribution in [0.25, 0.3) is 0 Å². The monoisotopic (exact) mass is 282 g/mol. The van der Waals surface area contributed by atoms with E-state index in [1.165, 1.54) is 15.4 Å². The smallest absolute Gasteiger partial charge is 0.317 e. The second-order valence-corrected chi connectivity index (χ2v) is 5.79. The van der Waals surface area contributed by atoms with Gasteiger partial charge in [0, 0.05) is 30.8 Å². The summed E-state index contributed by atoms with van der Waals surface area (Å²) >= 11 is 1.71. The Bertz CT molecular complexity index is 393. The van der Waals surface area contributed by atoms with Crippen LogP contribution in [0.3, 0.4) is 0 Å². The molecule has 0 saturated carbocycles. The number of thioether (sulfide) groups is 1. The fraction of sp³-hybridized carbons (Fsp3) is 0.500. The number of hydrogen-bond donors (Lipinski definition) is 2. The van der Waals surface area contributed by atoms with Crippen LogP contribution in [0.1, 0.15) is 12.5 Å². The molecule has 1 rings (SSSR count). The van der Waals surface area contributed by atoms with Crippen LogP contribution < -0.4 is 5.32 Å². The van der Waals surface area contributed by atoms with Crippen molar-refractivity contribution in [3.8, 4) is 0 Å². The molecule has 1 atom stereocenters. The Labute approximate surface area is 119 Å². The maximum Gasteiger partial charge on any atom is 0.317 e. The number of likely N-dealkylation sites (N-methyl/N-ethyl adjacent to an activating group) is 1. The molecule has 0 radical (unpaired) electrons. The van der Waals surface area contributed by atoms with Crippen LogP contribution in [-0.2, 0) is 0 Å². The van der Waals surface area contributed by atoms with Gasteiger partial charge in [0.15, 0.2) is 0 Å². The zero-order valence-corrected chi connectivity index (χ0v) is 12.5. The summed E-state index contributed by atoms with van der Waals surface area (Å²) in [6.07, 6.45) is -0.502. The highest BCUT2D eigenvalue weighted by molar-refractivity contribution is 7.99. The van der Waals surface area contributed by atoms with E-state index in [1.807, 2.05) is 0 Å². The van der Waals surface area contributed by atoms with Gasteiger partial charge in [-0.05, 0) is 26.0 Å². The number of amides is 2. The quantitative estimate of drug-likeness (QED) is 0.620. The molecule has 0 aliphatic rings. The lowest BCUT2D eigenvalue weighted by molar-refractivity contribution is 0.144. The third-order valence-electron chi connectivity index (χ3n) is 2.55. The zero-order valence-electron chi connectivity index (χ0n) is 11.7. The number of urea groups is 1. The first-order chi connectivity index (χ1) is 8.99. The number of rotatable bonds is 6. The Kier molecular flexibility index (Phi) is 6.73. The molecule has 106 valence electrons. The standard InChI is InChI=1S/C14H22N2O2S/c1-11-4-6-13(7-5-11)19-9-8-15-14(18)16(3)10-12(2)17/h4-7,12,17H,8-10H2,1-3H3,(H,15,18). The summed E-state index contributed by atoms with van der Waals surface area (Å²) in [6.45, 7) is 4.68. The van der Waals surface area contributed by atoms with Gasteiger partial charge in [0.1, 0.15) is 0 Å². The number of carbonyl (C=O) groups excluding carboxylic acids is 1. The molecule has 19 heavy (non-hydrogen) atoms. The van der Waals surface area contributed by atoms with Crippen LogP contribution in [0, 0.1) is 6.92 Å². The molecule has 1 aromatic carbocycles. The number of benzene rings is 1. The first-order valence-electron chi connectivity index (χ1n) is 6.35. The molecule has 4 nitrogen and oxygen atoms in total. The van der Waals surface area contributed by atoms with Crippen LogP contribution >= 0.6 is 11.8 Å². The van der Waals surface area contributed by atoms with Gasteiger partial charge in [0.05, 0.1) is 6.10 Å². The summed E-state index contributed by atoms with van der Waals surface area (Å²) in [5.41, 5.74) is 1.25. The molecule has 5 heteroatoms. The van der Waals surface area contributed by atoms with E-state index in [4.69, 9.17) is 0 Å². The van der Waals surface area contributed by atoms with E-state index in [0.717, 1.165) is 5.75 Å². The van der Waals surface area contributed by atoms with E-state index in [2.05, 4.69) is 36.5 Å².